The third-order valence-electron chi connectivity index (χ3n) is 4.24. The zero-order valence-electron chi connectivity index (χ0n) is 14.1. The summed E-state index contributed by atoms with van der Waals surface area (Å²) >= 11 is 0. The molecule has 1 fully saturated rings. The van der Waals surface area contributed by atoms with Crippen molar-refractivity contribution in [3.63, 3.8) is 0 Å². The van der Waals surface area contributed by atoms with E-state index in [2.05, 4.69) is 5.32 Å². The van der Waals surface area contributed by atoms with E-state index >= 15 is 0 Å². The van der Waals surface area contributed by atoms with E-state index in [9.17, 15) is 14.0 Å². The summed E-state index contributed by atoms with van der Waals surface area (Å²) in [5.74, 6) is -1.66. The van der Waals surface area contributed by atoms with Crippen LogP contribution in [0.25, 0.3) is 0 Å². The van der Waals surface area contributed by atoms with Crippen LogP contribution in [0, 0.1) is 5.82 Å². The van der Waals surface area contributed by atoms with Gasteiger partial charge in [0, 0.05) is 6.04 Å². The lowest BCUT2D eigenvalue weighted by molar-refractivity contribution is -0.129. The van der Waals surface area contributed by atoms with E-state index in [0.29, 0.717) is 0 Å². The Balaban J connectivity index is 1.90. The first-order valence-electron chi connectivity index (χ1n) is 8.36. The smallest absolute Gasteiger partial charge is 0.339 e. The van der Waals surface area contributed by atoms with Crippen molar-refractivity contribution < 1.29 is 23.5 Å². The second-order valence-electron chi connectivity index (χ2n) is 6.09. The molecule has 6 heteroatoms. The lowest BCUT2D eigenvalue weighted by Gasteiger charge is -2.19. The maximum absolute atomic E-state index is 13.6. The van der Waals surface area contributed by atoms with Gasteiger partial charge in [-0.05, 0) is 38.0 Å². The lowest BCUT2D eigenvalue weighted by Crippen LogP contribution is -2.41. The Morgan fingerprint density at radius 2 is 1.88 bits per heavy atom. The largest absolute Gasteiger partial charge is 0.494 e. The van der Waals surface area contributed by atoms with Crippen molar-refractivity contribution in [2.24, 2.45) is 0 Å². The second-order valence-corrected chi connectivity index (χ2v) is 6.09. The van der Waals surface area contributed by atoms with Crippen molar-refractivity contribution in [3.8, 4) is 5.75 Å². The van der Waals surface area contributed by atoms with Crippen molar-refractivity contribution in [1.82, 2.24) is 5.32 Å². The molecule has 24 heavy (non-hydrogen) atoms. The van der Waals surface area contributed by atoms with Gasteiger partial charge in [0.25, 0.3) is 5.91 Å². The summed E-state index contributed by atoms with van der Waals surface area (Å²) < 4.78 is 23.6. The minimum atomic E-state index is -0.925. The maximum atomic E-state index is 13.6. The summed E-state index contributed by atoms with van der Waals surface area (Å²) in [6.07, 6.45) is 5.58. The zero-order valence-corrected chi connectivity index (χ0v) is 14.1. The summed E-state index contributed by atoms with van der Waals surface area (Å²) in [6.45, 7) is 1.52. The Hall–Kier alpha value is -2.11. The fraction of sp³-hybridized carbons (Fsp3) is 0.556. The molecule has 1 aliphatic rings. The SMILES string of the molecule is COc1ccc(C(=O)O[C@H](C)C(=O)NC2CCCCCC2)cc1F. The molecule has 1 atom stereocenters. The number of hydrogen-bond acceptors (Lipinski definition) is 4. The van der Waals surface area contributed by atoms with Crippen LogP contribution in [0.15, 0.2) is 18.2 Å². The minimum Gasteiger partial charge on any atom is -0.494 e. The van der Waals surface area contributed by atoms with Crippen LogP contribution in [0.1, 0.15) is 55.8 Å². The van der Waals surface area contributed by atoms with Crippen LogP contribution in [-0.2, 0) is 9.53 Å². The van der Waals surface area contributed by atoms with Gasteiger partial charge in [-0.25, -0.2) is 9.18 Å². The van der Waals surface area contributed by atoms with Crippen LogP contribution in [0.3, 0.4) is 0 Å². The molecule has 0 spiro atoms. The third-order valence-corrected chi connectivity index (χ3v) is 4.24. The van der Waals surface area contributed by atoms with E-state index in [4.69, 9.17) is 9.47 Å². The predicted molar refractivity (Wildman–Crippen MR) is 87.5 cm³/mol. The monoisotopic (exact) mass is 337 g/mol. The van der Waals surface area contributed by atoms with Crippen LogP contribution in [-0.4, -0.2) is 31.1 Å². The van der Waals surface area contributed by atoms with Crippen LogP contribution < -0.4 is 10.1 Å². The molecular weight excluding hydrogens is 313 g/mol. The van der Waals surface area contributed by atoms with Gasteiger partial charge in [0.15, 0.2) is 17.7 Å². The van der Waals surface area contributed by atoms with E-state index < -0.39 is 17.9 Å². The van der Waals surface area contributed by atoms with Gasteiger partial charge in [-0.2, -0.15) is 0 Å². The van der Waals surface area contributed by atoms with Gasteiger partial charge in [-0.3, -0.25) is 4.79 Å². The predicted octanol–water partition coefficient (Wildman–Crippen LogP) is 3.22. The molecule has 0 radical (unpaired) electrons. The summed E-state index contributed by atoms with van der Waals surface area (Å²) in [7, 11) is 1.34. The van der Waals surface area contributed by atoms with Gasteiger partial charge in [0.2, 0.25) is 0 Å². The number of ether oxygens (including phenoxy) is 2. The van der Waals surface area contributed by atoms with E-state index in [0.717, 1.165) is 31.7 Å². The van der Waals surface area contributed by atoms with Crippen LogP contribution in [0.5, 0.6) is 5.75 Å². The molecule has 0 saturated heterocycles. The first-order chi connectivity index (χ1) is 11.5. The van der Waals surface area contributed by atoms with E-state index in [-0.39, 0.29) is 23.3 Å². The quantitative estimate of drug-likeness (QED) is 0.662. The summed E-state index contributed by atoms with van der Waals surface area (Å²) in [6, 6.07) is 3.93. The lowest BCUT2D eigenvalue weighted by atomic mass is 10.1. The molecule has 1 aromatic rings. The molecule has 0 aliphatic heterocycles. The molecule has 1 N–H and O–H groups in total. The van der Waals surface area contributed by atoms with Gasteiger partial charge in [0.05, 0.1) is 12.7 Å². The van der Waals surface area contributed by atoms with Gasteiger partial charge in [0.1, 0.15) is 0 Å². The van der Waals surface area contributed by atoms with Crippen molar-refractivity contribution in [2.45, 2.75) is 57.6 Å². The Kier molecular flexibility index (Phi) is 6.58. The van der Waals surface area contributed by atoms with Gasteiger partial charge in [-0.15, -0.1) is 0 Å². The first kappa shape index (κ1) is 18.2. The number of rotatable bonds is 5. The van der Waals surface area contributed by atoms with Crippen LogP contribution >= 0.6 is 0 Å². The molecule has 0 heterocycles. The Bertz CT molecular complexity index is 582. The number of methoxy groups -OCH3 is 1. The maximum Gasteiger partial charge on any atom is 0.339 e. The second kappa shape index (κ2) is 8.66. The molecule has 1 aromatic carbocycles. The highest BCUT2D eigenvalue weighted by molar-refractivity contribution is 5.92. The summed E-state index contributed by atoms with van der Waals surface area (Å²) in [5.41, 5.74) is 0.0439. The van der Waals surface area contributed by atoms with E-state index in [1.807, 2.05) is 0 Å². The highest BCUT2D eigenvalue weighted by Gasteiger charge is 2.22. The summed E-state index contributed by atoms with van der Waals surface area (Å²) in [5, 5.41) is 2.93. The number of benzene rings is 1. The number of carbonyl (C=O) groups is 2. The molecule has 1 saturated carbocycles. The van der Waals surface area contributed by atoms with E-state index in [1.54, 1.807) is 0 Å². The number of halogens is 1. The highest BCUT2D eigenvalue weighted by Crippen LogP contribution is 2.19. The van der Waals surface area contributed by atoms with Crippen LogP contribution in [0.4, 0.5) is 4.39 Å². The Morgan fingerprint density at radius 1 is 1.21 bits per heavy atom. The fourth-order valence-electron chi connectivity index (χ4n) is 2.82. The first-order valence-corrected chi connectivity index (χ1v) is 8.36. The molecule has 132 valence electrons. The molecule has 5 nitrogen and oxygen atoms in total. The number of amides is 1. The number of carbonyl (C=O) groups excluding carboxylic acids is 2. The van der Waals surface area contributed by atoms with Crippen molar-refractivity contribution in [2.75, 3.05) is 7.11 Å². The Labute approximate surface area is 141 Å². The molecule has 0 unspecified atom stereocenters. The van der Waals surface area contributed by atoms with Crippen molar-refractivity contribution in [1.29, 1.82) is 0 Å². The number of esters is 1. The van der Waals surface area contributed by atoms with Gasteiger partial charge < -0.3 is 14.8 Å². The standard InChI is InChI=1S/C18H24FNO4/c1-12(17(21)20-14-7-5-3-4-6-8-14)24-18(22)13-9-10-16(23-2)15(19)11-13/h9-12,14H,3-8H2,1-2H3,(H,20,21)/t12-/m1/s1. The molecule has 2 rings (SSSR count). The topological polar surface area (TPSA) is 64.6 Å². The summed E-state index contributed by atoms with van der Waals surface area (Å²) in [4.78, 5) is 24.2. The van der Waals surface area contributed by atoms with Gasteiger partial charge in [-0.1, -0.05) is 25.7 Å². The zero-order chi connectivity index (χ0) is 17.5. The van der Waals surface area contributed by atoms with Crippen LogP contribution in [0.2, 0.25) is 0 Å². The van der Waals surface area contributed by atoms with E-state index in [1.165, 1.54) is 39.0 Å². The average Bonchev–Trinajstić information content (AvgIpc) is 2.83. The molecule has 0 bridgehead atoms. The fourth-order valence-corrected chi connectivity index (χ4v) is 2.82. The van der Waals surface area contributed by atoms with Gasteiger partial charge >= 0.3 is 5.97 Å². The number of nitrogens with one attached hydrogen (secondary N) is 1. The third kappa shape index (κ3) is 4.94. The molecule has 1 aliphatic carbocycles. The average molecular weight is 337 g/mol. The normalized spacial score (nSPS) is 16.8. The minimum absolute atomic E-state index is 0.0439. The van der Waals surface area contributed by atoms with Crippen molar-refractivity contribution in [3.05, 3.63) is 29.6 Å². The molecule has 0 aromatic heterocycles. The van der Waals surface area contributed by atoms with Crippen molar-refractivity contribution >= 4 is 11.9 Å². The molecular formula is C18H24FNO4. The Morgan fingerprint density at radius 3 is 2.46 bits per heavy atom. The molecule has 1 amide bonds. The number of hydrogen-bond donors (Lipinski definition) is 1. The highest BCUT2D eigenvalue weighted by atomic mass is 19.1.